The van der Waals surface area contributed by atoms with Gasteiger partial charge < -0.3 is 15.8 Å². The van der Waals surface area contributed by atoms with E-state index in [4.69, 9.17) is 15.7 Å². The number of aryl methyl sites for hydroxylation is 1. The van der Waals surface area contributed by atoms with E-state index in [0.717, 1.165) is 5.56 Å². The Hall–Kier alpha value is -3.00. The summed E-state index contributed by atoms with van der Waals surface area (Å²) in [6, 6.07) is 12.2. The molecule has 0 saturated heterocycles. The van der Waals surface area contributed by atoms with Crippen molar-refractivity contribution in [2.24, 2.45) is 0 Å². The Kier molecular flexibility index (Phi) is 4.10. The Morgan fingerprint density at radius 2 is 2.10 bits per heavy atom. The number of anilines is 2. The lowest BCUT2D eigenvalue weighted by Gasteiger charge is -2.10. The van der Waals surface area contributed by atoms with Gasteiger partial charge in [0, 0.05) is 17.3 Å². The van der Waals surface area contributed by atoms with Crippen molar-refractivity contribution in [3.05, 3.63) is 53.1 Å². The van der Waals surface area contributed by atoms with Crippen molar-refractivity contribution in [1.82, 2.24) is 0 Å². The maximum atomic E-state index is 12.3. The number of rotatable bonds is 3. The van der Waals surface area contributed by atoms with Crippen molar-refractivity contribution in [3.8, 4) is 11.8 Å². The second-order valence-electron chi connectivity index (χ2n) is 4.56. The van der Waals surface area contributed by atoms with Crippen LogP contribution in [0.1, 0.15) is 21.5 Å². The van der Waals surface area contributed by atoms with E-state index in [2.05, 4.69) is 11.4 Å². The van der Waals surface area contributed by atoms with Gasteiger partial charge in [0.1, 0.15) is 11.8 Å². The van der Waals surface area contributed by atoms with Crippen LogP contribution in [0.3, 0.4) is 0 Å². The van der Waals surface area contributed by atoms with Crippen LogP contribution in [0.25, 0.3) is 0 Å². The van der Waals surface area contributed by atoms with Crippen LogP contribution in [0.15, 0.2) is 36.4 Å². The van der Waals surface area contributed by atoms with Crippen molar-refractivity contribution < 1.29 is 9.53 Å². The zero-order chi connectivity index (χ0) is 15.4. The van der Waals surface area contributed by atoms with Crippen LogP contribution < -0.4 is 15.8 Å². The predicted octanol–water partition coefficient (Wildman–Crippen LogP) is 2.71. The summed E-state index contributed by atoms with van der Waals surface area (Å²) in [6.07, 6.45) is 0. The van der Waals surface area contributed by atoms with Gasteiger partial charge in [-0.05, 0) is 30.7 Å². The van der Waals surface area contributed by atoms with Gasteiger partial charge in [0.25, 0.3) is 5.91 Å². The summed E-state index contributed by atoms with van der Waals surface area (Å²) in [4.78, 5) is 12.3. The van der Waals surface area contributed by atoms with Crippen LogP contribution in [0.2, 0.25) is 0 Å². The zero-order valence-electron chi connectivity index (χ0n) is 11.8. The number of hydrogen-bond acceptors (Lipinski definition) is 4. The molecule has 0 unspecified atom stereocenters. The number of ether oxygens (including phenoxy) is 1. The third kappa shape index (κ3) is 3.12. The first-order chi connectivity index (χ1) is 10.0. The Morgan fingerprint density at radius 1 is 1.33 bits per heavy atom. The molecule has 0 spiro atoms. The number of benzene rings is 2. The number of nitrogen functional groups attached to an aromatic ring is 1. The van der Waals surface area contributed by atoms with Crippen molar-refractivity contribution in [2.75, 3.05) is 18.2 Å². The van der Waals surface area contributed by atoms with Gasteiger partial charge in [0.15, 0.2) is 0 Å². The SMILES string of the molecule is COc1cc(N)cc(C(=O)Nc2cccc(C)c2C#N)c1. The number of nitrogens with one attached hydrogen (secondary N) is 1. The van der Waals surface area contributed by atoms with Crippen molar-refractivity contribution in [2.45, 2.75) is 6.92 Å². The number of nitrogens with zero attached hydrogens (tertiary/aromatic N) is 1. The molecule has 0 bridgehead atoms. The summed E-state index contributed by atoms with van der Waals surface area (Å²) in [6.45, 7) is 1.82. The summed E-state index contributed by atoms with van der Waals surface area (Å²) in [5.74, 6) is 0.160. The Bertz CT molecular complexity index is 733. The molecule has 1 amide bonds. The van der Waals surface area contributed by atoms with E-state index >= 15 is 0 Å². The standard InChI is InChI=1S/C16H15N3O2/c1-10-4-3-5-15(14(10)9-17)19-16(20)11-6-12(18)8-13(7-11)21-2/h3-8H,18H2,1-2H3,(H,19,20). The van der Waals surface area contributed by atoms with Gasteiger partial charge in [-0.25, -0.2) is 0 Å². The second kappa shape index (κ2) is 5.97. The lowest BCUT2D eigenvalue weighted by Crippen LogP contribution is -2.13. The number of hydrogen-bond donors (Lipinski definition) is 2. The molecule has 0 atom stereocenters. The fourth-order valence-electron chi connectivity index (χ4n) is 1.99. The molecule has 5 nitrogen and oxygen atoms in total. The second-order valence-corrected chi connectivity index (χ2v) is 4.56. The van der Waals surface area contributed by atoms with Crippen LogP contribution in [-0.2, 0) is 0 Å². The molecule has 3 N–H and O–H groups in total. The number of nitrogens with two attached hydrogens (primary N) is 1. The normalized spacial score (nSPS) is 9.76. The quantitative estimate of drug-likeness (QED) is 0.847. The average molecular weight is 281 g/mol. The molecule has 0 aromatic heterocycles. The maximum Gasteiger partial charge on any atom is 0.255 e. The molecule has 0 fully saturated rings. The van der Waals surface area contributed by atoms with E-state index in [1.54, 1.807) is 30.3 Å². The smallest absolute Gasteiger partial charge is 0.255 e. The molecule has 0 saturated carbocycles. The summed E-state index contributed by atoms with van der Waals surface area (Å²) < 4.78 is 5.09. The summed E-state index contributed by atoms with van der Waals surface area (Å²) in [7, 11) is 1.50. The highest BCUT2D eigenvalue weighted by molar-refractivity contribution is 6.05. The fraction of sp³-hybridized carbons (Fsp3) is 0.125. The molecule has 0 aliphatic rings. The highest BCUT2D eigenvalue weighted by Gasteiger charge is 2.12. The third-order valence-electron chi connectivity index (χ3n) is 3.06. The minimum absolute atomic E-state index is 0.345. The number of carbonyl (C=O) groups excluding carboxylic acids is 1. The van der Waals surface area contributed by atoms with Crippen LogP contribution in [0.5, 0.6) is 5.75 Å². The predicted molar refractivity (Wildman–Crippen MR) is 81.3 cm³/mol. The molecule has 0 aliphatic carbocycles. The third-order valence-corrected chi connectivity index (χ3v) is 3.06. The molecular formula is C16H15N3O2. The van der Waals surface area contributed by atoms with E-state index in [-0.39, 0.29) is 5.91 Å². The zero-order valence-corrected chi connectivity index (χ0v) is 11.8. The van der Waals surface area contributed by atoms with Gasteiger partial charge in [0.05, 0.1) is 18.4 Å². The fourth-order valence-corrected chi connectivity index (χ4v) is 1.99. The van der Waals surface area contributed by atoms with Gasteiger partial charge in [-0.1, -0.05) is 12.1 Å². The molecule has 5 heteroatoms. The summed E-state index contributed by atoms with van der Waals surface area (Å²) in [5, 5.41) is 11.9. The van der Waals surface area contributed by atoms with Crippen molar-refractivity contribution in [3.63, 3.8) is 0 Å². The molecule has 2 aromatic carbocycles. The molecule has 2 rings (SSSR count). The van der Waals surface area contributed by atoms with Gasteiger partial charge in [-0.3, -0.25) is 4.79 Å². The van der Waals surface area contributed by atoms with Gasteiger partial charge in [-0.15, -0.1) is 0 Å². The molecule has 0 aliphatic heterocycles. The van der Waals surface area contributed by atoms with E-state index in [1.807, 2.05) is 13.0 Å². The largest absolute Gasteiger partial charge is 0.497 e. The topological polar surface area (TPSA) is 88.1 Å². The average Bonchev–Trinajstić information content (AvgIpc) is 2.46. The van der Waals surface area contributed by atoms with E-state index in [9.17, 15) is 4.79 Å². The number of amides is 1. The monoisotopic (exact) mass is 281 g/mol. The number of carbonyl (C=O) groups is 1. The highest BCUT2D eigenvalue weighted by Crippen LogP contribution is 2.22. The Labute approximate surface area is 123 Å². The lowest BCUT2D eigenvalue weighted by molar-refractivity contribution is 0.102. The van der Waals surface area contributed by atoms with Gasteiger partial charge in [0.2, 0.25) is 0 Å². The van der Waals surface area contributed by atoms with Crippen LogP contribution in [0.4, 0.5) is 11.4 Å². The van der Waals surface area contributed by atoms with Gasteiger partial charge >= 0.3 is 0 Å². The lowest BCUT2D eigenvalue weighted by atomic mass is 10.1. The first-order valence-electron chi connectivity index (χ1n) is 6.30. The molecular weight excluding hydrogens is 266 g/mol. The van der Waals surface area contributed by atoms with Gasteiger partial charge in [-0.2, -0.15) is 5.26 Å². The first kappa shape index (κ1) is 14.4. The summed E-state index contributed by atoms with van der Waals surface area (Å²) >= 11 is 0. The van der Waals surface area contributed by atoms with E-state index in [0.29, 0.717) is 28.3 Å². The molecule has 2 aromatic rings. The van der Waals surface area contributed by atoms with Crippen LogP contribution in [0, 0.1) is 18.3 Å². The minimum Gasteiger partial charge on any atom is -0.497 e. The van der Waals surface area contributed by atoms with Crippen LogP contribution in [-0.4, -0.2) is 13.0 Å². The highest BCUT2D eigenvalue weighted by atomic mass is 16.5. The Balaban J connectivity index is 2.33. The number of methoxy groups -OCH3 is 1. The van der Waals surface area contributed by atoms with Crippen molar-refractivity contribution >= 4 is 17.3 Å². The summed E-state index contributed by atoms with van der Waals surface area (Å²) in [5.41, 5.74) is 8.27. The molecule has 106 valence electrons. The maximum absolute atomic E-state index is 12.3. The van der Waals surface area contributed by atoms with E-state index in [1.165, 1.54) is 7.11 Å². The van der Waals surface area contributed by atoms with Crippen LogP contribution >= 0.6 is 0 Å². The molecule has 0 radical (unpaired) electrons. The van der Waals surface area contributed by atoms with E-state index < -0.39 is 0 Å². The Morgan fingerprint density at radius 3 is 2.76 bits per heavy atom. The number of nitriles is 1. The first-order valence-corrected chi connectivity index (χ1v) is 6.30. The molecule has 0 heterocycles. The minimum atomic E-state index is -0.345. The van der Waals surface area contributed by atoms with Crippen molar-refractivity contribution in [1.29, 1.82) is 5.26 Å². The molecule has 21 heavy (non-hydrogen) atoms.